The van der Waals surface area contributed by atoms with Gasteiger partial charge in [-0.2, -0.15) is 5.10 Å². The molecule has 2 heterocycles. The van der Waals surface area contributed by atoms with Gasteiger partial charge in [-0.25, -0.2) is 14.5 Å². The van der Waals surface area contributed by atoms with Crippen molar-refractivity contribution in [3.63, 3.8) is 0 Å². The van der Waals surface area contributed by atoms with Gasteiger partial charge in [0.05, 0.1) is 18.8 Å². The molecule has 2 aromatic heterocycles. The molecule has 2 amide bonds. The summed E-state index contributed by atoms with van der Waals surface area (Å²) in [7, 11) is 1.76. The summed E-state index contributed by atoms with van der Waals surface area (Å²) in [5.41, 5.74) is 1.13. The molecule has 0 bridgehead atoms. The fraction of sp³-hybridized carbons (Fsp3) is 0.316. The first-order chi connectivity index (χ1) is 12.6. The molecule has 0 aliphatic carbocycles. The third kappa shape index (κ3) is 3.77. The van der Waals surface area contributed by atoms with Crippen LogP contribution in [0.15, 0.2) is 55.0 Å². The van der Waals surface area contributed by atoms with Crippen LogP contribution in [0.1, 0.15) is 31.3 Å². The van der Waals surface area contributed by atoms with Crippen LogP contribution in [0.4, 0.5) is 10.6 Å². The maximum absolute atomic E-state index is 12.6. The molecule has 0 radical (unpaired) electrons. The summed E-state index contributed by atoms with van der Waals surface area (Å²) in [6.45, 7) is 5.37. The highest BCUT2D eigenvalue weighted by Crippen LogP contribution is 2.21. The van der Waals surface area contributed by atoms with Crippen molar-refractivity contribution >= 4 is 11.8 Å². The first-order valence-electron chi connectivity index (χ1n) is 8.70. The number of nitrogens with zero attached hydrogens (tertiary/aromatic N) is 5. The van der Waals surface area contributed by atoms with E-state index in [4.69, 9.17) is 0 Å². The van der Waals surface area contributed by atoms with Crippen LogP contribution in [-0.4, -0.2) is 37.3 Å². The second-order valence-electron chi connectivity index (χ2n) is 6.16. The molecule has 1 atom stereocenters. The lowest BCUT2D eigenvalue weighted by atomic mass is 10.1. The topological polar surface area (TPSA) is 68.0 Å². The molecule has 1 aromatic carbocycles. The number of urea groups is 1. The Morgan fingerprint density at radius 3 is 2.73 bits per heavy atom. The molecule has 3 rings (SSSR count). The predicted octanol–water partition coefficient (Wildman–Crippen LogP) is 3.37. The van der Waals surface area contributed by atoms with E-state index in [1.165, 1.54) is 0 Å². The highest BCUT2D eigenvalue weighted by Gasteiger charge is 2.17. The molecule has 136 valence electrons. The van der Waals surface area contributed by atoms with Gasteiger partial charge in [0, 0.05) is 32.1 Å². The number of benzene rings is 1. The lowest BCUT2D eigenvalue weighted by molar-refractivity contribution is 0.218. The fourth-order valence-electron chi connectivity index (χ4n) is 2.86. The summed E-state index contributed by atoms with van der Waals surface area (Å²) in [6.07, 6.45) is 5.36. The Morgan fingerprint density at radius 2 is 2.00 bits per heavy atom. The predicted molar refractivity (Wildman–Crippen MR) is 101 cm³/mol. The van der Waals surface area contributed by atoms with Gasteiger partial charge in [-0.05, 0) is 19.4 Å². The number of hydrogen-bond donors (Lipinski definition) is 1. The number of imidazole rings is 1. The highest BCUT2D eigenvalue weighted by molar-refractivity contribution is 5.88. The van der Waals surface area contributed by atoms with E-state index in [1.54, 1.807) is 30.4 Å². The van der Waals surface area contributed by atoms with Crippen molar-refractivity contribution in [2.45, 2.75) is 33.0 Å². The van der Waals surface area contributed by atoms with Gasteiger partial charge in [-0.1, -0.05) is 30.3 Å². The summed E-state index contributed by atoms with van der Waals surface area (Å²) >= 11 is 0. The molecule has 0 saturated carbocycles. The number of anilines is 1. The van der Waals surface area contributed by atoms with Crippen molar-refractivity contribution in [3.8, 4) is 0 Å². The van der Waals surface area contributed by atoms with E-state index < -0.39 is 0 Å². The average Bonchev–Trinajstić information content (AvgIpc) is 3.30. The standard InChI is InChI=1S/C19H24N6O/c1-4-24-13-12-20-18(24)14-23(3)19(26)22-17-10-11-21-25(17)15(2)16-8-6-5-7-9-16/h5-13,15H,4,14H2,1-3H3,(H,22,26). The van der Waals surface area contributed by atoms with Gasteiger partial charge in [0.15, 0.2) is 0 Å². The quantitative estimate of drug-likeness (QED) is 0.739. The number of aromatic nitrogens is 4. The average molecular weight is 352 g/mol. The molecule has 1 N–H and O–H groups in total. The van der Waals surface area contributed by atoms with E-state index >= 15 is 0 Å². The zero-order valence-electron chi connectivity index (χ0n) is 15.3. The monoisotopic (exact) mass is 352 g/mol. The molecular formula is C19H24N6O. The summed E-state index contributed by atoms with van der Waals surface area (Å²) in [4.78, 5) is 18.5. The summed E-state index contributed by atoms with van der Waals surface area (Å²) < 4.78 is 3.83. The Morgan fingerprint density at radius 1 is 1.23 bits per heavy atom. The van der Waals surface area contributed by atoms with Crippen LogP contribution >= 0.6 is 0 Å². The van der Waals surface area contributed by atoms with Crippen molar-refractivity contribution in [2.75, 3.05) is 12.4 Å². The van der Waals surface area contributed by atoms with Crippen LogP contribution in [0.5, 0.6) is 0 Å². The highest BCUT2D eigenvalue weighted by atomic mass is 16.2. The first kappa shape index (κ1) is 17.7. The molecule has 3 aromatic rings. The number of aryl methyl sites for hydroxylation is 1. The second kappa shape index (κ2) is 7.86. The molecule has 0 aliphatic heterocycles. The SMILES string of the molecule is CCn1ccnc1CN(C)C(=O)Nc1ccnn1C(C)c1ccccc1. The Bertz CT molecular complexity index is 854. The largest absolute Gasteiger partial charge is 0.334 e. The fourth-order valence-corrected chi connectivity index (χ4v) is 2.86. The summed E-state index contributed by atoms with van der Waals surface area (Å²) in [5.74, 6) is 1.52. The third-order valence-corrected chi connectivity index (χ3v) is 4.42. The Balaban J connectivity index is 1.69. The van der Waals surface area contributed by atoms with Gasteiger partial charge in [0.1, 0.15) is 11.6 Å². The number of rotatable bonds is 6. The van der Waals surface area contributed by atoms with E-state index in [1.807, 2.05) is 33.6 Å². The third-order valence-electron chi connectivity index (χ3n) is 4.42. The van der Waals surface area contributed by atoms with Crippen LogP contribution in [-0.2, 0) is 13.1 Å². The lowest BCUT2D eigenvalue weighted by Crippen LogP contribution is -2.33. The smallest absolute Gasteiger partial charge is 0.323 e. The Kier molecular flexibility index (Phi) is 5.36. The molecule has 0 fully saturated rings. The van der Waals surface area contributed by atoms with Crippen LogP contribution in [0, 0.1) is 0 Å². The molecule has 0 saturated heterocycles. The minimum Gasteiger partial charge on any atom is -0.334 e. The maximum Gasteiger partial charge on any atom is 0.323 e. The van der Waals surface area contributed by atoms with Crippen LogP contribution < -0.4 is 5.32 Å². The minimum atomic E-state index is -0.197. The van der Waals surface area contributed by atoms with Crippen LogP contribution in [0.2, 0.25) is 0 Å². The van der Waals surface area contributed by atoms with Crippen molar-refractivity contribution in [2.24, 2.45) is 0 Å². The van der Waals surface area contributed by atoms with E-state index in [9.17, 15) is 4.79 Å². The first-order valence-corrected chi connectivity index (χ1v) is 8.70. The summed E-state index contributed by atoms with van der Waals surface area (Å²) in [6, 6.07) is 11.7. The molecule has 1 unspecified atom stereocenters. The Hall–Kier alpha value is -3.09. The van der Waals surface area contributed by atoms with Gasteiger partial charge >= 0.3 is 6.03 Å². The second-order valence-corrected chi connectivity index (χ2v) is 6.16. The number of amides is 2. The minimum absolute atomic E-state index is 0.0193. The van der Waals surface area contributed by atoms with Gasteiger partial charge < -0.3 is 9.47 Å². The molecule has 0 aliphatic rings. The number of nitrogens with one attached hydrogen (secondary N) is 1. The number of hydrogen-bond acceptors (Lipinski definition) is 3. The van der Waals surface area contributed by atoms with Gasteiger partial charge in [-0.3, -0.25) is 5.32 Å². The summed E-state index contributed by atoms with van der Waals surface area (Å²) in [5, 5.41) is 7.32. The van der Waals surface area contributed by atoms with E-state index in [2.05, 4.69) is 41.4 Å². The zero-order valence-corrected chi connectivity index (χ0v) is 15.3. The van der Waals surface area contributed by atoms with Crippen LogP contribution in [0.3, 0.4) is 0 Å². The van der Waals surface area contributed by atoms with Crippen molar-refractivity contribution in [3.05, 3.63) is 66.4 Å². The van der Waals surface area contributed by atoms with Crippen molar-refractivity contribution < 1.29 is 4.79 Å². The van der Waals surface area contributed by atoms with Crippen LogP contribution in [0.25, 0.3) is 0 Å². The maximum atomic E-state index is 12.6. The van der Waals surface area contributed by atoms with E-state index in [0.717, 1.165) is 17.9 Å². The molecular weight excluding hydrogens is 328 g/mol. The van der Waals surface area contributed by atoms with Crippen molar-refractivity contribution in [1.29, 1.82) is 0 Å². The van der Waals surface area contributed by atoms with Gasteiger partial charge in [-0.15, -0.1) is 0 Å². The molecule has 7 heteroatoms. The number of carbonyl (C=O) groups is 1. The van der Waals surface area contributed by atoms with E-state index in [-0.39, 0.29) is 12.1 Å². The normalized spacial score (nSPS) is 12.0. The van der Waals surface area contributed by atoms with E-state index in [0.29, 0.717) is 12.4 Å². The molecule has 26 heavy (non-hydrogen) atoms. The molecule has 0 spiro atoms. The Labute approximate surface area is 153 Å². The van der Waals surface area contributed by atoms with Crippen molar-refractivity contribution in [1.82, 2.24) is 24.2 Å². The van der Waals surface area contributed by atoms with Gasteiger partial charge in [0.25, 0.3) is 0 Å². The van der Waals surface area contributed by atoms with Gasteiger partial charge in [0.2, 0.25) is 0 Å². The lowest BCUT2D eigenvalue weighted by Gasteiger charge is -2.20. The molecule has 7 nitrogen and oxygen atoms in total. The zero-order chi connectivity index (χ0) is 18.5. The number of carbonyl (C=O) groups excluding carboxylic acids is 1.